The van der Waals surface area contributed by atoms with Gasteiger partial charge in [0.15, 0.2) is 0 Å². The number of aliphatic hydroxyl groups is 1. The Hall–Kier alpha value is -3.25. The molecule has 3 atom stereocenters. The number of amides is 1. The lowest BCUT2D eigenvalue weighted by atomic mass is 9.81. The highest BCUT2D eigenvalue weighted by atomic mass is 19.1. The number of hydrogen-bond donors (Lipinski definition) is 1. The second-order valence-corrected chi connectivity index (χ2v) is 8.52. The number of benzene rings is 3. The van der Waals surface area contributed by atoms with Gasteiger partial charge in [-0.2, -0.15) is 0 Å². The van der Waals surface area contributed by atoms with Gasteiger partial charge in [-0.1, -0.05) is 30.3 Å². The van der Waals surface area contributed by atoms with Crippen molar-refractivity contribution in [2.75, 3.05) is 25.1 Å². The van der Waals surface area contributed by atoms with Crippen molar-refractivity contribution in [1.29, 1.82) is 0 Å². The molecule has 0 spiro atoms. The number of hydrogen-bond acceptors (Lipinski definition) is 3. The van der Waals surface area contributed by atoms with E-state index in [0.29, 0.717) is 13.0 Å². The Bertz CT molecular complexity index is 1180. The maximum atomic E-state index is 14.4. The van der Waals surface area contributed by atoms with Crippen molar-refractivity contribution in [1.82, 2.24) is 4.90 Å². The van der Waals surface area contributed by atoms with E-state index in [2.05, 4.69) is 4.90 Å². The molecule has 0 aromatic heterocycles. The number of rotatable bonds is 3. The largest absolute Gasteiger partial charge is 0.394 e. The molecular formula is C26H24F2N2O2. The molecule has 1 saturated heterocycles. The Kier molecular flexibility index (Phi) is 5.18. The first-order chi connectivity index (χ1) is 15.5. The number of carbonyl (C=O) groups is 1. The SMILES string of the molecule is CN1c2ccc(-c3cccc(F)c3)cc2[C@H]2[C@H](CCN2C(=O)c2ccccc2F)[C@H]1CO. The van der Waals surface area contributed by atoms with Crippen LogP contribution in [0.1, 0.15) is 28.4 Å². The van der Waals surface area contributed by atoms with Gasteiger partial charge in [0.25, 0.3) is 5.91 Å². The van der Waals surface area contributed by atoms with Gasteiger partial charge in [0.2, 0.25) is 0 Å². The number of halogens is 2. The second kappa shape index (κ2) is 8.02. The number of nitrogens with zero attached hydrogens (tertiary/aromatic N) is 2. The number of likely N-dealkylation sites (N-methyl/N-ethyl adjacent to an activating group) is 1. The first-order valence-corrected chi connectivity index (χ1v) is 10.8. The van der Waals surface area contributed by atoms with Crippen LogP contribution in [0.15, 0.2) is 66.7 Å². The van der Waals surface area contributed by atoms with Crippen LogP contribution in [0.2, 0.25) is 0 Å². The molecule has 32 heavy (non-hydrogen) atoms. The molecule has 0 aliphatic carbocycles. The highest BCUT2D eigenvalue weighted by Gasteiger charge is 2.48. The van der Waals surface area contributed by atoms with Gasteiger partial charge in [-0.3, -0.25) is 4.79 Å². The van der Waals surface area contributed by atoms with E-state index in [-0.39, 0.29) is 41.9 Å². The zero-order chi connectivity index (χ0) is 22.4. The minimum absolute atomic E-state index is 0.0102. The predicted molar refractivity (Wildman–Crippen MR) is 119 cm³/mol. The van der Waals surface area contributed by atoms with Crippen LogP contribution in [0.4, 0.5) is 14.5 Å². The smallest absolute Gasteiger partial charge is 0.257 e. The summed E-state index contributed by atoms with van der Waals surface area (Å²) in [5.41, 5.74) is 3.50. The van der Waals surface area contributed by atoms with Crippen LogP contribution >= 0.6 is 0 Å². The van der Waals surface area contributed by atoms with E-state index in [1.807, 2.05) is 31.3 Å². The van der Waals surface area contributed by atoms with Crippen LogP contribution in [0.5, 0.6) is 0 Å². The molecule has 4 nitrogen and oxygen atoms in total. The molecule has 2 aliphatic rings. The molecular weight excluding hydrogens is 410 g/mol. The Balaban J connectivity index is 1.62. The van der Waals surface area contributed by atoms with Crippen molar-refractivity contribution in [3.63, 3.8) is 0 Å². The molecule has 1 N–H and O–H groups in total. The summed E-state index contributed by atoms with van der Waals surface area (Å²) in [5, 5.41) is 10.1. The van der Waals surface area contributed by atoms with Crippen molar-refractivity contribution < 1.29 is 18.7 Å². The summed E-state index contributed by atoms with van der Waals surface area (Å²) in [4.78, 5) is 17.2. The fourth-order valence-corrected chi connectivity index (χ4v) is 5.32. The van der Waals surface area contributed by atoms with Gasteiger partial charge in [0.1, 0.15) is 11.6 Å². The molecule has 0 saturated carbocycles. The van der Waals surface area contributed by atoms with Crippen LogP contribution in [0.25, 0.3) is 11.1 Å². The van der Waals surface area contributed by atoms with Gasteiger partial charge in [-0.15, -0.1) is 0 Å². The van der Waals surface area contributed by atoms with Crippen LogP contribution in [0, 0.1) is 17.6 Å². The highest BCUT2D eigenvalue weighted by Crippen LogP contribution is 2.49. The molecule has 0 unspecified atom stereocenters. The van der Waals surface area contributed by atoms with E-state index in [1.165, 1.54) is 24.3 Å². The standard InChI is InChI=1S/C26H24F2N2O2/c1-29-23-10-9-17(16-5-4-6-18(27)13-16)14-21(23)25-20(24(29)15-31)11-12-30(25)26(32)19-7-2-3-8-22(19)28/h2-10,13-14,20,24-25,31H,11-12,15H2,1H3/t20-,24-,25-/m1/s1. The zero-order valence-corrected chi connectivity index (χ0v) is 17.7. The molecule has 6 heteroatoms. The maximum Gasteiger partial charge on any atom is 0.257 e. The Morgan fingerprint density at radius 2 is 1.81 bits per heavy atom. The Morgan fingerprint density at radius 3 is 2.56 bits per heavy atom. The summed E-state index contributed by atoms with van der Waals surface area (Å²) in [6, 6.07) is 17.9. The topological polar surface area (TPSA) is 43.8 Å². The van der Waals surface area contributed by atoms with E-state index in [4.69, 9.17) is 0 Å². The lowest BCUT2D eigenvalue weighted by Crippen LogP contribution is -2.48. The monoisotopic (exact) mass is 434 g/mol. The van der Waals surface area contributed by atoms with Gasteiger partial charge in [0, 0.05) is 25.2 Å². The van der Waals surface area contributed by atoms with E-state index in [9.17, 15) is 18.7 Å². The minimum atomic E-state index is -0.540. The number of fused-ring (bicyclic) bond motifs is 3. The van der Waals surface area contributed by atoms with Gasteiger partial charge in [0.05, 0.1) is 24.3 Å². The first kappa shape index (κ1) is 20.6. The molecule has 0 bridgehead atoms. The summed E-state index contributed by atoms with van der Waals surface area (Å²) in [5.74, 6) is -1.19. The van der Waals surface area contributed by atoms with Crippen molar-refractivity contribution in [3.8, 4) is 11.1 Å². The molecule has 2 heterocycles. The number of aliphatic hydroxyl groups excluding tert-OH is 1. The van der Waals surface area contributed by atoms with E-state index in [0.717, 1.165) is 22.4 Å². The molecule has 164 valence electrons. The molecule has 0 radical (unpaired) electrons. The summed E-state index contributed by atoms with van der Waals surface area (Å²) in [7, 11) is 1.94. The number of carbonyl (C=O) groups excluding carboxylic acids is 1. The average Bonchev–Trinajstić information content (AvgIpc) is 3.24. The highest BCUT2D eigenvalue weighted by molar-refractivity contribution is 5.95. The quantitative estimate of drug-likeness (QED) is 0.653. The fourth-order valence-electron chi connectivity index (χ4n) is 5.32. The molecule has 3 aromatic rings. The normalized spacial score (nSPS) is 21.9. The van der Waals surface area contributed by atoms with Gasteiger partial charge in [-0.05, 0) is 59.5 Å². The van der Waals surface area contributed by atoms with Crippen molar-refractivity contribution >= 4 is 11.6 Å². The molecule has 3 aromatic carbocycles. The summed E-state index contributed by atoms with van der Waals surface area (Å²) < 4.78 is 28.2. The summed E-state index contributed by atoms with van der Waals surface area (Å²) in [6.07, 6.45) is 0.712. The summed E-state index contributed by atoms with van der Waals surface area (Å²) >= 11 is 0. The average molecular weight is 434 g/mol. The molecule has 5 rings (SSSR count). The van der Waals surface area contributed by atoms with Gasteiger partial charge in [-0.25, -0.2) is 8.78 Å². The van der Waals surface area contributed by atoms with E-state index >= 15 is 0 Å². The Labute approximate surface area is 185 Å². The van der Waals surface area contributed by atoms with E-state index < -0.39 is 5.82 Å². The third kappa shape index (κ3) is 3.26. The van der Waals surface area contributed by atoms with Crippen molar-refractivity contribution in [2.24, 2.45) is 5.92 Å². The fraction of sp³-hybridized carbons (Fsp3) is 0.269. The van der Waals surface area contributed by atoms with Gasteiger partial charge < -0.3 is 14.9 Å². The van der Waals surface area contributed by atoms with Crippen LogP contribution in [0.3, 0.4) is 0 Å². The Morgan fingerprint density at radius 1 is 1.03 bits per heavy atom. The summed E-state index contributed by atoms with van der Waals surface area (Å²) in [6.45, 7) is 0.445. The zero-order valence-electron chi connectivity index (χ0n) is 17.7. The first-order valence-electron chi connectivity index (χ1n) is 10.8. The lowest BCUT2D eigenvalue weighted by Gasteiger charge is -2.44. The van der Waals surface area contributed by atoms with Crippen LogP contribution in [-0.2, 0) is 0 Å². The second-order valence-electron chi connectivity index (χ2n) is 8.52. The molecule has 1 amide bonds. The predicted octanol–water partition coefficient (Wildman–Crippen LogP) is 4.65. The van der Waals surface area contributed by atoms with Crippen LogP contribution in [-0.4, -0.2) is 42.2 Å². The maximum absolute atomic E-state index is 14.4. The third-order valence-corrected chi connectivity index (χ3v) is 6.87. The minimum Gasteiger partial charge on any atom is -0.394 e. The van der Waals surface area contributed by atoms with Crippen molar-refractivity contribution in [3.05, 3.63) is 89.5 Å². The molecule has 1 fully saturated rings. The molecule has 2 aliphatic heterocycles. The lowest BCUT2D eigenvalue weighted by molar-refractivity contribution is 0.0689. The number of likely N-dealkylation sites (tertiary alicyclic amines) is 1. The van der Waals surface area contributed by atoms with E-state index in [1.54, 1.807) is 23.1 Å². The van der Waals surface area contributed by atoms with Crippen LogP contribution < -0.4 is 4.90 Å². The van der Waals surface area contributed by atoms with Crippen molar-refractivity contribution in [2.45, 2.75) is 18.5 Å². The number of anilines is 1. The van der Waals surface area contributed by atoms with Gasteiger partial charge >= 0.3 is 0 Å². The third-order valence-electron chi connectivity index (χ3n) is 6.87.